The van der Waals surface area contributed by atoms with Gasteiger partial charge in [0, 0.05) is 31.0 Å². The lowest BCUT2D eigenvalue weighted by molar-refractivity contribution is 0.314. The molecule has 0 unspecified atom stereocenters. The molecular formula is C18H23N3. The van der Waals surface area contributed by atoms with Crippen LogP contribution in [0.25, 0.3) is 0 Å². The molecule has 0 bridgehead atoms. The third-order valence-corrected chi connectivity index (χ3v) is 4.01. The first-order valence-corrected chi connectivity index (χ1v) is 7.68. The summed E-state index contributed by atoms with van der Waals surface area (Å²) in [5.74, 6) is 0. The molecule has 1 aromatic heterocycles. The molecule has 21 heavy (non-hydrogen) atoms. The monoisotopic (exact) mass is 281 g/mol. The zero-order valence-electron chi connectivity index (χ0n) is 12.9. The molecule has 3 heteroatoms. The van der Waals surface area contributed by atoms with Gasteiger partial charge < -0.3 is 5.32 Å². The van der Waals surface area contributed by atoms with E-state index in [1.54, 1.807) is 0 Å². The van der Waals surface area contributed by atoms with Crippen LogP contribution in [0.1, 0.15) is 28.9 Å². The third kappa shape index (κ3) is 3.42. The molecule has 0 aliphatic carbocycles. The maximum Gasteiger partial charge on any atom is 0.0547 e. The van der Waals surface area contributed by atoms with Crippen molar-refractivity contribution in [3.8, 4) is 0 Å². The molecule has 3 rings (SSSR count). The standard InChI is InChI=1S/C18H23N3/c1-14-6-3-8-16(20-14)13-21(2)12-15-7-4-10-18-17(15)9-5-11-19-18/h3-4,6-8,10,19H,5,9,11-13H2,1-2H3. The molecule has 2 heterocycles. The SMILES string of the molecule is Cc1cccc(CN(C)Cc2cccc3c2CCCN3)n1. The molecule has 1 aliphatic rings. The summed E-state index contributed by atoms with van der Waals surface area (Å²) in [7, 11) is 2.17. The number of fused-ring (bicyclic) bond motifs is 1. The zero-order valence-corrected chi connectivity index (χ0v) is 12.9. The predicted octanol–water partition coefficient (Wildman–Crippen LogP) is 3.38. The van der Waals surface area contributed by atoms with Crippen molar-refractivity contribution in [3.63, 3.8) is 0 Å². The third-order valence-electron chi connectivity index (χ3n) is 4.01. The molecule has 110 valence electrons. The summed E-state index contributed by atoms with van der Waals surface area (Å²) in [6, 6.07) is 12.8. The summed E-state index contributed by atoms with van der Waals surface area (Å²) in [5.41, 5.74) is 6.48. The lowest BCUT2D eigenvalue weighted by Crippen LogP contribution is -2.21. The van der Waals surface area contributed by atoms with Crippen LogP contribution in [-0.4, -0.2) is 23.5 Å². The molecule has 0 fully saturated rings. The van der Waals surface area contributed by atoms with Gasteiger partial charge in [0.15, 0.2) is 0 Å². The van der Waals surface area contributed by atoms with E-state index in [2.05, 4.69) is 52.6 Å². The largest absolute Gasteiger partial charge is 0.385 e. The van der Waals surface area contributed by atoms with E-state index < -0.39 is 0 Å². The molecule has 3 nitrogen and oxygen atoms in total. The van der Waals surface area contributed by atoms with Crippen molar-refractivity contribution >= 4 is 5.69 Å². The number of anilines is 1. The number of rotatable bonds is 4. The maximum absolute atomic E-state index is 4.59. The Balaban J connectivity index is 1.71. The van der Waals surface area contributed by atoms with Crippen LogP contribution < -0.4 is 5.32 Å². The van der Waals surface area contributed by atoms with Crippen LogP contribution in [-0.2, 0) is 19.5 Å². The molecule has 0 radical (unpaired) electrons. The molecule has 0 amide bonds. The Bertz CT molecular complexity index is 622. The number of pyridine rings is 1. The van der Waals surface area contributed by atoms with Gasteiger partial charge in [-0.3, -0.25) is 9.88 Å². The minimum absolute atomic E-state index is 0.888. The summed E-state index contributed by atoms with van der Waals surface area (Å²) in [6.45, 7) is 5.00. The Morgan fingerprint density at radius 1 is 1.14 bits per heavy atom. The number of aromatic nitrogens is 1. The second-order valence-electron chi connectivity index (χ2n) is 5.92. The van der Waals surface area contributed by atoms with Gasteiger partial charge in [0.2, 0.25) is 0 Å². The van der Waals surface area contributed by atoms with Crippen molar-refractivity contribution in [2.75, 3.05) is 18.9 Å². The lowest BCUT2D eigenvalue weighted by atomic mass is 9.97. The first kappa shape index (κ1) is 14.1. The molecule has 1 aromatic carbocycles. The molecule has 0 saturated heterocycles. The number of nitrogens with one attached hydrogen (secondary N) is 1. The molecule has 0 spiro atoms. The van der Waals surface area contributed by atoms with Crippen LogP contribution in [0.5, 0.6) is 0 Å². The number of hydrogen-bond acceptors (Lipinski definition) is 3. The first-order chi connectivity index (χ1) is 10.2. The van der Waals surface area contributed by atoms with Crippen molar-refractivity contribution in [2.45, 2.75) is 32.9 Å². The lowest BCUT2D eigenvalue weighted by Gasteiger charge is -2.24. The van der Waals surface area contributed by atoms with Crippen LogP contribution in [0, 0.1) is 6.92 Å². The summed E-state index contributed by atoms with van der Waals surface area (Å²) in [6.07, 6.45) is 2.42. The van der Waals surface area contributed by atoms with Crippen LogP contribution in [0.2, 0.25) is 0 Å². The molecule has 0 atom stereocenters. The Morgan fingerprint density at radius 3 is 2.86 bits per heavy atom. The number of nitrogens with zero attached hydrogens (tertiary/aromatic N) is 2. The van der Waals surface area contributed by atoms with Crippen LogP contribution in [0.4, 0.5) is 5.69 Å². The fourth-order valence-electron chi connectivity index (χ4n) is 3.04. The van der Waals surface area contributed by atoms with E-state index in [0.29, 0.717) is 0 Å². The Hall–Kier alpha value is -1.87. The molecule has 1 N–H and O–H groups in total. The van der Waals surface area contributed by atoms with Crippen molar-refractivity contribution in [2.24, 2.45) is 0 Å². The van der Waals surface area contributed by atoms with Gasteiger partial charge in [-0.25, -0.2) is 0 Å². The van der Waals surface area contributed by atoms with Gasteiger partial charge in [-0.15, -0.1) is 0 Å². The van der Waals surface area contributed by atoms with Crippen LogP contribution in [0.3, 0.4) is 0 Å². The van der Waals surface area contributed by atoms with E-state index in [0.717, 1.165) is 31.0 Å². The molecular weight excluding hydrogens is 258 g/mol. The van der Waals surface area contributed by atoms with Gasteiger partial charge in [-0.2, -0.15) is 0 Å². The van der Waals surface area contributed by atoms with E-state index in [1.165, 1.54) is 29.7 Å². The van der Waals surface area contributed by atoms with Gasteiger partial charge >= 0.3 is 0 Å². The second kappa shape index (κ2) is 6.27. The Labute approximate surface area is 127 Å². The summed E-state index contributed by atoms with van der Waals surface area (Å²) >= 11 is 0. The van der Waals surface area contributed by atoms with E-state index >= 15 is 0 Å². The summed E-state index contributed by atoms with van der Waals surface area (Å²) in [5, 5.41) is 3.50. The van der Waals surface area contributed by atoms with E-state index in [1.807, 2.05) is 13.0 Å². The normalized spacial score (nSPS) is 13.9. The predicted molar refractivity (Wildman–Crippen MR) is 87.4 cm³/mol. The molecule has 1 aliphatic heterocycles. The van der Waals surface area contributed by atoms with E-state index in [-0.39, 0.29) is 0 Å². The molecule has 0 saturated carbocycles. The average Bonchev–Trinajstić information content (AvgIpc) is 2.47. The highest BCUT2D eigenvalue weighted by atomic mass is 15.1. The maximum atomic E-state index is 4.59. The highest BCUT2D eigenvalue weighted by Crippen LogP contribution is 2.26. The van der Waals surface area contributed by atoms with Crippen molar-refractivity contribution in [1.82, 2.24) is 9.88 Å². The van der Waals surface area contributed by atoms with Crippen molar-refractivity contribution in [3.05, 3.63) is 58.9 Å². The summed E-state index contributed by atoms with van der Waals surface area (Å²) < 4.78 is 0. The fourth-order valence-corrected chi connectivity index (χ4v) is 3.04. The summed E-state index contributed by atoms with van der Waals surface area (Å²) in [4.78, 5) is 6.93. The number of aryl methyl sites for hydroxylation is 1. The van der Waals surface area contributed by atoms with Gasteiger partial charge in [0.1, 0.15) is 0 Å². The number of hydrogen-bond donors (Lipinski definition) is 1. The van der Waals surface area contributed by atoms with Crippen LogP contribution >= 0.6 is 0 Å². The van der Waals surface area contributed by atoms with Crippen molar-refractivity contribution in [1.29, 1.82) is 0 Å². The van der Waals surface area contributed by atoms with Crippen LogP contribution in [0.15, 0.2) is 36.4 Å². The highest BCUT2D eigenvalue weighted by molar-refractivity contribution is 5.56. The van der Waals surface area contributed by atoms with Gasteiger partial charge in [-0.1, -0.05) is 18.2 Å². The smallest absolute Gasteiger partial charge is 0.0547 e. The first-order valence-electron chi connectivity index (χ1n) is 7.68. The van der Waals surface area contributed by atoms with Crippen molar-refractivity contribution < 1.29 is 0 Å². The minimum atomic E-state index is 0.888. The zero-order chi connectivity index (χ0) is 14.7. The number of benzene rings is 1. The highest BCUT2D eigenvalue weighted by Gasteiger charge is 2.13. The quantitative estimate of drug-likeness (QED) is 0.931. The molecule has 2 aromatic rings. The van der Waals surface area contributed by atoms with Gasteiger partial charge in [-0.05, 0) is 56.1 Å². The fraction of sp³-hybridized carbons (Fsp3) is 0.389. The second-order valence-corrected chi connectivity index (χ2v) is 5.92. The average molecular weight is 281 g/mol. The van der Waals surface area contributed by atoms with E-state index in [9.17, 15) is 0 Å². The van der Waals surface area contributed by atoms with Gasteiger partial charge in [0.25, 0.3) is 0 Å². The van der Waals surface area contributed by atoms with Gasteiger partial charge in [0.05, 0.1) is 5.69 Å². The topological polar surface area (TPSA) is 28.2 Å². The minimum Gasteiger partial charge on any atom is -0.385 e. The van der Waals surface area contributed by atoms with E-state index in [4.69, 9.17) is 0 Å². The Kier molecular flexibility index (Phi) is 4.20. The Morgan fingerprint density at radius 2 is 2.00 bits per heavy atom.